The van der Waals surface area contributed by atoms with Gasteiger partial charge in [0, 0.05) is 77.8 Å². The fourth-order valence-corrected chi connectivity index (χ4v) is 13.1. The number of aliphatic hydroxyl groups excluding tert-OH is 1. The van der Waals surface area contributed by atoms with Crippen LogP contribution in [0.1, 0.15) is 80.8 Å². The Labute approximate surface area is 307 Å². The van der Waals surface area contributed by atoms with E-state index in [1.807, 2.05) is 7.05 Å². The number of amides is 1. The third-order valence-corrected chi connectivity index (χ3v) is 15.2. The average molecular weight is 709 g/mol. The first-order valence-electron chi connectivity index (χ1n) is 19.6. The normalized spacial score (nSPS) is 40.7. The first-order valence-corrected chi connectivity index (χ1v) is 19.6. The zero-order valence-electron chi connectivity index (χ0n) is 31.4. The molecule has 5 aliphatic heterocycles. The molecule has 0 radical (unpaired) electrons. The van der Waals surface area contributed by atoms with Gasteiger partial charge in [0.25, 0.3) is 5.91 Å². The molecule has 9 rings (SSSR count). The molecule has 10 nitrogen and oxygen atoms in total. The van der Waals surface area contributed by atoms with E-state index in [-0.39, 0.29) is 12.0 Å². The molecule has 6 aliphatic rings. The SMILES string of the molecule is CCC1(O)CC2C[N@](CCc3c([nH]c4ccccc34)[C@@](C)(c3cc4c(cc3C)N(C)C3[C@]45CCN4CC=C[C@](CC)(C45)[C@@H](O)[C@]3(O)C(=O)NN)C2)C1. The Morgan fingerprint density at radius 3 is 2.62 bits per heavy atom. The number of nitrogens with two attached hydrogens (primary N) is 1. The summed E-state index contributed by atoms with van der Waals surface area (Å²) in [7, 11) is 1.97. The smallest absolute Gasteiger partial charge is 0.270 e. The number of piperidine rings is 1. The number of anilines is 1. The van der Waals surface area contributed by atoms with E-state index in [1.165, 1.54) is 22.2 Å². The number of H-pyrrole nitrogens is 1. The molecule has 2 bridgehead atoms. The summed E-state index contributed by atoms with van der Waals surface area (Å²) in [6.45, 7) is 12.9. The van der Waals surface area contributed by atoms with Crippen LogP contribution in [0, 0.1) is 18.3 Å². The zero-order valence-corrected chi connectivity index (χ0v) is 31.4. The molecule has 6 heterocycles. The van der Waals surface area contributed by atoms with E-state index >= 15 is 0 Å². The Kier molecular flexibility index (Phi) is 7.56. The van der Waals surface area contributed by atoms with Crippen molar-refractivity contribution in [1.29, 1.82) is 0 Å². The van der Waals surface area contributed by atoms with E-state index in [2.05, 4.69) is 101 Å². The average Bonchev–Trinajstić information content (AvgIpc) is 3.79. The van der Waals surface area contributed by atoms with Gasteiger partial charge in [-0.1, -0.05) is 50.3 Å². The van der Waals surface area contributed by atoms with Crippen LogP contribution in [0.3, 0.4) is 0 Å². The lowest BCUT2D eigenvalue weighted by atomic mass is 9.47. The number of aryl methyl sites for hydroxylation is 1. The molecule has 1 spiro atoms. The fraction of sp³-hybridized carbons (Fsp3) is 0.595. The monoisotopic (exact) mass is 708 g/mol. The number of hydrazine groups is 1. The van der Waals surface area contributed by atoms with Crippen molar-refractivity contribution in [3.8, 4) is 0 Å². The van der Waals surface area contributed by atoms with Gasteiger partial charge in [0.1, 0.15) is 6.10 Å². The van der Waals surface area contributed by atoms with Crippen molar-refractivity contribution in [2.24, 2.45) is 17.2 Å². The summed E-state index contributed by atoms with van der Waals surface area (Å²) in [6.07, 6.45) is 7.39. The number of rotatable bonds is 4. The Hall–Kier alpha value is -3.25. The number of aromatic nitrogens is 1. The van der Waals surface area contributed by atoms with E-state index < -0.39 is 45.5 Å². The van der Waals surface area contributed by atoms with Crippen molar-refractivity contribution in [2.45, 2.75) is 106 Å². The van der Waals surface area contributed by atoms with Crippen LogP contribution in [0.25, 0.3) is 10.9 Å². The Bertz CT molecular complexity index is 2000. The first kappa shape index (κ1) is 34.5. The molecule has 10 heteroatoms. The molecule has 2 saturated heterocycles. The highest BCUT2D eigenvalue weighted by atomic mass is 16.4. The number of carbonyl (C=O) groups excluding carboxylic acids is 1. The molecule has 7 N–H and O–H groups in total. The molecule has 52 heavy (non-hydrogen) atoms. The minimum absolute atomic E-state index is 0.122. The highest BCUT2D eigenvalue weighted by molar-refractivity contribution is 5.90. The Morgan fingerprint density at radius 2 is 1.87 bits per heavy atom. The van der Waals surface area contributed by atoms with E-state index in [1.54, 1.807) is 0 Å². The van der Waals surface area contributed by atoms with E-state index in [9.17, 15) is 20.1 Å². The number of nitrogens with one attached hydrogen (secondary N) is 2. The van der Waals surface area contributed by atoms with Crippen LogP contribution in [0.15, 0.2) is 48.6 Å². The summed E-state index contributed by atoms with van der Waals surface area (Å²) in [5.41, 5.74) is 5.73. The van der Waals surface area contributed by atoms with Crippen LogP contribution < -0.4 is 16.2 Å². The minimum atomic E-state index is -2.16. The Balaban J connectivity index is 1.30. The zero-order chi connectivity index (χ0) is 36.6. The number of carbonyl (C=O) groups is 1. The lowest BCUT2D eigenvalue weighted by Crippen LogP contribution is -2.82. The topological polar surface area (TPSA) is 141 Å². The molecule has 10 atom stereocenters. The number of nitrogens with zero attached hydrogens (tertiary/aromatic N) is 3. The standard InChI is InChI=1S/C42H56N6O4/c1-6-39(51)22-26-21-38(4,33-28(13-17-47(23-26)24-39)27-11-8-9-12-31(27)44-33)29-20-30-32(19-25(29)3)46(5)35-41(30)15-18-48-16-10-14-40(7-2,34(41)48)36(49)42(35,52)37(50)45-43/h8-12,14,19-20,26,34-36,44,49,51-52H,6-7,13,15-18,21-24,43H2,1-5H3,(H,45,50)/t26?,34?,35?,36-,38-,39?,40-,41-,42+/m1/s1. The van der Waals surface area contributed by atoms with Crippen LogP contribution in [-0.4, -0.2) is 105 Å². The van der Waals surface area contributed by atoms with Crippen molar-refractivity contribution in [2.75, 3.05) is 44.7 Å². The number of para-hydroxylation sites is 1. The second-order valence-electron chi connectivity index (χ2n) is 17.6. The molecule has 1 amide bonds. The van der Waals surface area contributed by atoms with Crippen molar-refractivity contribution < 1.29 is 20.1 Å². The van der Waals surface area contributed by atoms with Crippen LogP contribution in [-0.2, 0) is 22.0 Å². The van der Waals surface area contributed by atoms with Crippen LogP contribution in [0.5, 0.6) is 0 Å². The predicted molar refractivity (Wildman–Crippen MR) is 203 cm³/mol. The first-order chi connectivity index (χ1) is 24.8. The van der Waals surface area contributed by atoms with Gasteiger partial charge in [-0.25, -0.2) is 5.84 Å². The molecule has 4 unspecified atom stereocenters. The second kappa shape index (κ2) is 11.4. The van der Waals surface area contributed by atoms with Gasteiger partial charge in [-0.3, -0.25) is 20.0 Å². The third kappa shape index (κ3) is 4.19. The van der Waals surface area contributed by atoms with Crippen molar-refractivity contribution in [1.82, 2.24) is 20.2 Å². The van der Waals surface area contributed by atoms with Gasteiger partial charge in [0.15, 0.2) is 5.60 Å². The predicted octanol–water partition coefficient (Wildman–Crippen LogP) is 3.38. The van der Waals surface area contributed by atoms with Gasteiger partial charge in [-0.05, 0) is 99.2 Å². The maximum absolute atomic E-state index is 13.9. The second-order valence-corrected chi connectivity index (χ2v) is 17.6. The van der Waals surface area contributed by atoms with Crippen molar-refractivity contribution in [3.63, 3.8) is 0 Å². The molecule has 3 aromatic rings. The maximum atomic E-state index is 13.9. The molecule has 2 aromatic carbocycles. The number of hydrogen-bond acceptors (Lipinski definition) is 8. The summed E-state index contributed by atoms with van der Waals surface area (Å²) in [5.74, 6) is 5.37. The van der Waals surface area contributed by atoms with E-state index in [4.69, 9.17) is 5.84 Å². The van der Waals surface area contributed by atoms with Gasteiger partial charge >= 0.3 is 0 Å². The van der Waals surface area contributed by atoms with Gasteiger partial charge < -0.3 is 25.2 Å². The molecular weight excluding hydrogens is 653 g/mol. The highest BCUT2D eigenvalue weighted by Gasteiger charge is 2.78. The number of aromatic amines is 1. The lowest BCUT2D eigenvalue weighted by molar-refractivity contribution is -0.203. The van der Waals surface area contributed by atoms with Crippen LogP contribution >= 0.6 is 0 Å². The summed E-state index contributed by atoms with van der Waals surface area (Å²) in [6, 6.07) is 12.5. The molecule has 1 aromatic heterocycles. The largest absolute Gasteiger partial charge is 0.389 e. The van der Waals surface area contributed by atoms with Crippen LogP contribution in [0.4, 0.5) is 5.69 Å². The number of likely N-dealkylation sites (N-methyl/N-ethyl adjacent to an activating group) is 1. The van der Waals surface area contributed by atoms with Crippen LogP contribution in [0.2, 0.25) is 0 Å². The van der Waals surface area contributed by atoms with Crippen molar-refractivity contribution in [3.05, 3.63) is 76.5 Å². The van der Waals surface area contributed by atoms with Gasteiger partial charge in [-0.15, -0.1) is 0 Å². The molecule has 278 valence electrons. The van der Waals surface area contributed by atoms with Crippen molar-refractivity contribution >= 4 is 22.5 Å². The molecule has 3 fully saturated rings. The number of benzene rings is 2. The van der Waals surface area contributed by atoms with Gasteiger partial charge in [-0.2, -0.15) is 0 Å². The summed E-state index contributed by atoms with van der Waals surface area (Å²) < 4.78 is 0. The minimum Gasteiger partial charge on any atom is -0.389 e. The quantitative estimate of drug-likeness (QED) is 0.105. The summed E-state index contributed by atoms with van der Waals surface area (Å²) >= 11 is 0. The number of aliphatic hydroxyl groups is 3. The third-order valence-electron chi connectivity index (χ3n) is 15.2. The Morgan fingerprint density at radius 1 is 1.08 bits per heavy atom. The molecule has 1 saturated carbocycles. The molecular formula is C42H56N6O4. The van der Waals surface area contributed by atoms with Gasteiger partial charge in [0.2, 0.25) is 0 Å². The fourth-order valence-electron chi connectivity index (χ4n) is 13.1. The highest BCUT2D eigenvalue weighted by Crippen LogP contribution is 2.67. The van der Waals surface area contributed by atoms with E-state index in [0.29, 0.717) is 13.0 Å². The van der Waals surface area contributed by atoms with E-state index in [0.717, 1.165) is 80.6 Å². The maximum Gasteiger partial charge on any atom is 0.270 e. The molecule has 1 aliphatic carbocycles. The summed E-state index contributed by atoms with van der Waals surface area (Å²) in [4.78, 5) is 24.9. The number of fused-ring (bicyclic) bond motifs is 6. The number of hydrogen-bond donors (Lipinski definition) is 6. The lowest BCUT2D eigenvalue weighted by Gasteiger charge is -2.63. The van der Waals surface area contributed by atoms with Gasteiger partial charge in [0.05, 0.1) is 11.6 Å². The summed E-state index contributed by atoms with van der Waals surface area (Å²) in [5, 5.41) is 38.3.